The van der Waals surface area contributed by atoms with Gasteiger partial charge in [0.25, 0.3) is 0 Å². The first kappa shape index (κ1) is 16.7. The second-order valence-electron chi connectivity index (χ2n) is 5.19. The summed E-state index contributed by atoms with van der Waals surface area (Å²) in [6.07, 6.45) is 0.630. The molecule has 0 aliphatic rings. The zero-order valence-electron chi connectivity index (χ0n) is 13.0. The van der Waals surface area contributed by atoms with E-state index in [4.69, 9.17) is 4.74 Å². The van der Waals surface area contributed by atoms with Gasteiger partial charge in [-0.25, -0.2) is 4.98 Å². The third-order valence-electron chi connectivity index (χ3n) is 3.32. The minimum absolute atomic E-state index is 0.0827. The highest BCUT2D eigenvalue weighted by Gasteiger charge is 2.15. The molecule has 1 aromatic heterocycles. The molecular formula is C16H19N3O4. The summed E-state index contributed by atoms with van der Waals surface area (Å²) in [7, 11) is 0. The van der Waals surface area contributed by atoms with E-state index in [1.165, 1.54) is 18.3 Å². The molecule has 0 unspecified atom stereocenters. The predicted molar refractivity (Wildman–Crippen MR) is 86.8 cm³/mol. The van der Waals surface area contributed by atoms with E-state index < -0.39 is 11.0 Å². The van der Waals surface area contributed by atoms with Crippen molar-refractivity contribution < 1.29 is 14.8 Å². The average Bonchev–Trinajstić information content (AvgIpc) is 2.52. The van der Waals surface area contributed by atoms with E-state index >= 15 is 0 Å². The van der Waals surface area contributed by atoms with Crippen LogP contribution in [0.4, 0.5) is 11.5 Å². The predicted octanol–water partition coefficient (Wildman–Crippen LogP) is 2.46. The van der Waals surface area contributed by atoms with Crippen LogP contribution in [-0.4, -0.2) is 34.3 Å². The fourth-order valence-electron chi connectivity index (χ4n) is 2.16. The third kappa shape index (κ3) is 4.40. The van der Waals surface area contributed by atoms with E-state index in [0.29, 0.717) is 0 Å². The van der Waals surface area contributed by atoms with Crippen molar-refractivity contribution in [1.82, 2.24) is 4.98 Å². The van der Waals surface area contributed by atoms with Gasteiger partial charge in [-0.05, 0) is 31.0 Å². The molecule has 0 aliphatic heterocycles. The summed E-state index contributed by atoms with van der Waals surface area (Å²) in [6.45, 7) is 4.05. The molecule has 0 spiro atoms. The zero-order chi connectivity index (χ0) is 16.8. The lowest BCUT2D eigenvalue weighted by molar-refractivity contribution is -0.384. The van der Waals surface area contributed by atoms with Crippen LogP contribution in [0.3, 0.4) is 0 Å². The SMILES string of the molecule is Cc1cccc(C)c1OC[C@H](O)CNc1ncccc1[N+](=O)[O-]. The number of nitro groups is 1. The molecule has 0 fully saturated rings. The van der Waals surface area contributed by atoms with Crippen molar-refractivity contribution in [3.63, 3.8) is 0 Å². The fraction of sp³-hybridized carbons (Fsp3) is 0.312. The molecule has 23 heavy (non-hydrogen) atoms. The largest absolute Gasteiger partial charge is 0.490 e. The van der Waals surface area contributed by atoms with Gasteiger partial charge in [-0.2, -0.15) is 0 Å². The second kappa shape index (κ2) is 7.55. The molecule has 0 amide bonds. The van der Waals surface area contributed by atoms with Gasteiger partial charge < -0.3 is 15.2 Å². The van der Waals surface area contributed by atoms with E-state index in [1.54, 1.807) is 0 Å². The van der Waals surface area contributed by atoms with Crippen LogP contribution in [0.5, 0.6) is 5.75 Å². The lowest BCUT2D eigenvalue weighted by atomic mass is 10.1. The van der Waals surface area contributed by atoms with Crippen LogP contribution in [0.25, 0.3) is 0 Å². The monoisotopic (exact) mass is 317 g/mol. The number of hydrogen-bond donors (Lipinski definition) is 2. The Morgan fingerprint density at radius 1 is 1.30 bits per heavy atom. The Labute approximate surface area is 134 Å². The van der Waals surface area contributed by atoms with Crippen LogP contribution in [0.15, 0.2) is 36.5 Å². The molecule has 1 aromatic carbocycles. The van der Waals surface area contributed by atoms with Gasteiger partial charge in [0.2, 0.25) is 5.82 Å². The molecule has 0 radical (unpaired) electrons. The number of nitrogens with zero attached hydrogens (tertiary/aromatic N) is 2. The molecular weight excluding hydrogens is 298 g/mol. The second-order valence-corrected chi connectivity index (χ2v) is 5.19. The van der Waals surface area contributed by atoms with Gasteiger partial charge in [0, 0.05) is 18.8 Å². The van der Waals surface area contributed by atoms with Crippen LogP contribution >= 0.6 is 0 Å². The lowest BCUT2D eigenvalue weighted by Gasteiger charge is -2.16. The maximum Gasteiger partial charge on any atom is 0.311 e. The summed E-state index contributed by atoms with van der Waals surface area (Å²) in [6, 6.07) is 8.66. The number of aliphatic hydroxyl groups is 1. The van der Waals surface area contributed by atoms with Gasteiger partial charge in [0.1, 0.15) is 18.5 Å². The number of aryl methyl sites for hydroxylation is 2. The lowest BCUT2D eigenvalue weighted by Crippen LogP contribution is -2.27. The number of hydrogen-bond acceptors (Lipinski definition) is 6. The number of rotatable bonds is 7. The van der Waals surface area contributed by atoms with Gasteiger partial charge in [-0.15, -0.1) is 0 Å². The molecule has 2 N–H and O–H groups in total. The fourth-order valence-corrected chi connectivity index (χ4v) is 2.16. The first-order valence-electron chi connectivity index (χ1n) is 7.19. The molecule has 2 rings (SSSR count). The maximum absolute atomic E-state index is 10.9. The van der Waals surface area contributed by atoms with Crippen molar-refractivity contribution in [2.24, 2.45) is 0 Å². The molecule has 0 bridgehead atoms. The molecule has 7 heteroatoms. The number of aromatic nitrogens is 1. The Morgan fingerprint density at radius 2 is 2.00 bits per heavy atom. The van der Waals surface area contributed by atoms with Crippen LogP contribution in [0, 0.1) is 24.0 Å². The zero-order valence-corrected chi connectivity index (χ0v) is 13.0. The van der Waals surface area contributed by atoms with Crippen LogP contribution in [0.1, 0.15) is 11.1 Å². The molecule has 1 atom stereocenters. The smallest absolute Gasteiger partial charge is 0.311 e. The molecule has 0 aliphatic carbocycles. The Hall–Kier alpha value is -2.67. The van der Waals surface area contributed by atoms with Gasteiger partial charge in [-0.1, -0.05) is 18.2 Å². The van der Waals surface area contributed by atoms with Gasteiger partial charge in [0.15, 0.2) is 0 Å². The first-order chi connectivity index (χ1) is 11.0. The molecule has 1 heterocycles. The van der Waals surface area contributed by atoms with Crippen molar-refractivity contribution in [3.05, 3.63) is 57.8 Å². The summed E-state index contributed by atoms with van der Waals surface area (Å²) in [5.74, 6) is 0.874. The summed E-state index contributed by atoms with van der Waals surface area (Å²) < 4.78 is 5.65. The van der Waals surface area contributed by atoms with E-state index in [0.717, 1.165) is 16.9 Å². The highest BCUT2D eigenvalue weighted by Crippen LogP contribution is 2.23. The van der Waals surface area contributed by atoms with Crippen molar-refractivity contribution in [1.29, 1.82) is 0 Å². The van der Waals surface area contributed by atoms with Crippen molar-refractivity contribution in [2.45, 2.75) is 20.0 Å². The van der Waals surface area contributed by atoms with E-state index in [-0.39, 0.29) is 24.7 Å². The quantitative estimate of drug-likeness (QED) is 0.601. The molecule has 2 aromatic rings. The standard InChI is InChI=1S/C16H19N3O4/c1-11-5-3-6-12(2)15(11)23-10-13(20)9-18-16-14(19(21)22)7-4-8-17-16/h3-8,13,20H,9-10H2,1-2H3,(H,17,18)/t13-/m1/s1. The van der Waals surface area contributed by atoms with Crippen LogP contribution < -0.4 is 10.1 Å². The minimum Gasteiger partial charge on any atom is -0.490 e. The van der Waals surface area contributed by atoms with E-state index in [1.807, 2.05) is 32.0 Å². The van der Waals surface area contributed by atoms with Crippen molar-refractivity contribution >= 4 is 11.5 Å². The topological polar surface area (TPSA) is 97.5 Å². The summed E-state index contributed by atoms with van der Waals surface area (Å²) >= 11 is 0. The Bertz CT molecular complexity index is 671. The number of aliphatic hydroxyl groups excluding tert-OH is 1. The summed E-state index contributed by atoms with van der Waals surface area (Å²) in [5.41, 5.74) is 1.85. The Kier molecular flexibility index (Phi) is 5.48. The minimum atomic E-state index is -0.824. The third-order valence-corrected chi connectivity index (χ3v) is 3.32. The molecule has 7 nitrogen and oxygen atoms in total. The van der Waals surface area contributed by atoms with Gasteiger partial charge >= 0.3 is 5.69 Å². The van der Waals surface area contributed by atoms with Gasteiger partial charge in [0.05, 0.1) is 4.92 Å². The molecule has 122 valence electrons. The Morgan fingerprint density at radius 3 is 2.65 bits per heavy atom. The number of ether oxygens (including phenoxy) is 1. The summed E-state index contributed by atoms with van der Waals surface area (Å²) in [4.78, 5) is 14.3. The first-order valence-corrected chi connectivity index (χ1v) is 7.19. The normalized spacial score (nSPS) is 11.8. The number of benzene rings is 1. The number of nitrogens with one attached hydrogen (secondary N) is 1. The molecule has 0 saturated heterocycles. The van der Waals surface area contributed by atoms with E-state index in [2.05, 4.69) is 10.3 Å². The van der Waals surface area contributed by atoms with Crippen molar-refractivity contribution in [3.8, 4) is 5.75 Å². The number of pyridine rings is 1. The highest BCUT2D eigenvalue weighted by atomic mass is 16.6. The average molecular weight is 317 g/mol. The van der Waals surface area contributed by atoms with Crippen LogP contribution in [-0.2, 0) is 0 Å². The van der Waals surface area contributed by atoms with E-state index in [9.17, 15) is 15.2 Å². The number of para-hydroxylation sites is 1. The van der Waals surface area contributed by atoms with Crippen LogP contribution in [0.2, 0.25) is 0 Å². The Balaban J connectivity index is 1.91. The molecule has 0 saturated carbocycles. The highest BCUT2D eigenvalue weighted by molar-refractivity contribution is 5.55. The van der Waals surface area contributed by atoms with Crippen molar-refractivity contribution in [2.75, 3.05) is 18.5 Å². The van der Waals surface area contributed by atoms with Gasteiger partial charge in [-0.3, -0.25) is 10.1 Å². The summed E-state index contributed by atoms with van der Waals surface area (Å²) in [5, 5.41) is 23.7. The number of anilines is 1. The maximum atomic E-state index is 10.9.